The molecule has 0 saturated heterocycles. The Balaban J connectivity index is 1.52. The maximum Gasteiger partial charge on any atom is 0.436 e. The minimum atomic E-state index is -4.63. The number of benzene rings is 1. The summed E-state index contributed by atoms with van der Waals surface area (Å²) in [6.07, 6.45) is -1.76. The highest BCUT2D eigenvalue weighted by atomic mass is 79.9. The van der Waals surface area contributed by atoms with Gasteiger partial charge in [-0.1, -0.05) is 29.3 Å². The topological polar surface area (TPSA) is 77.6 Å². The third-order valence-electron chi connectivity index (χ3n) is 5.02. The first kappa shape index (κ1) is 23.1. The smallest absolute Gasteiger partial charge is 0.291 e. The van der Waals surface area contributed by atoms with Crippen LogP contribution in [0.1, 0.15) is 48.7 Å². The fourth-order valence-electron chi connectivity index (χ4n) is 3.23. The number of rotatable bonds is 6. The fraction of sp³-hybridized carbons (Fsp3) is 0.368. The quantitative estimate of drug-likeness (QED) is 0.427. The van der Waals surface area contributed by atoms with Crippen LogP contribution < -0.4 is 5.32 Å². The van der Waals surface area contributed by atoms with Crippen LogP contribution in [0.4, 0.5) is 19.1 Å². The van der Waals surface area contributed by atoms with Gasteiger partial charge in [0, 0.05) is 21.5 Å². The van der Waals surface area contributed by atoms with Gasteiger partial charge in [-0.2, -0.15) is 18.3 Å². The second-order valence-corrected chi connectivity index (χ2v) is 9.00. The number of nitrogens with zero attached hydrogens (tertiary/aromatic N) is 5. The lowest BCUT2D eigenvalue weighted by atomic mass is 10.2. The van der Waals surface area contributed by atoms with E-state index in [2.05, 4.69) is 36.4 Å². The predicted molar refractivity (Wildman–Crippen MR) is 116 cm³/mol. The van der Waals surface area contributed by atoms with Gasteiger partial charge in [0.15, 0.2) is 5.69 Å². The van der Waals surface area contributed by atoms with Crippen molar-refractivity contribution in [2.45, 2.75) is 44.4 Å². The normalized spacial score (nSPS) is 15.1. The number of hydrogen-bond donors (Lipinski definition) is 1. The average molecular weight is 552 g/mol. The van der Waals surface area contributed by atoms with Gasteiger partial charge >= 0.3 is 6.18 Å². The number of halogens is 6. The summed E-state index contributed by atoms with van der Waals surface area (Å²) >= 11 is 15.4. The third-order valence-corrected chi connectivity index (χ3v) is 6.51. The molecule has 2 aromatic heterocycles. The van der Waals surface area contributed by atoms with Crippen molar-refractivity contribution in [2.24, 2.45) is 0 Å². The molecule has 2 heterocycles. The van der Waals surface area contributed by atoms with Crippen LogP contribution in [0.5, 0.6) is 0 Å². The zero-order valence-electron chi connectivity index (χ0n) is 16.5. The Kier molecular flexibility index (Phi) is 6.25. The van der Waals surface area contributed by atoms with Crippen LogP contribution in [0, 0.1) is 0 Å². The van der Waals surface area contributed by atoms with E-state index >= 15 is 0 Å². The highest BCUT2D eigenvalue weighted by Crippen LogP contribution is 2.47. The summed E-state index contributed by atoms with van der Waals surface area (Å²) in [4.78, 5) is 16.8. The first-order valence-corrected chi connectivity index (χ1v) is 11.1. The molecule has 1 amide bonds. The number of alkyl halides is 3. The summed E-state index contributed by atoms with van der Waals surface area (Å²) < 4.78 is 42.4. The van der Waals surface area contributed by atoms with E-state index in [0.29, 0.717) is 21.3 Å². The van der Waals surface area contributed by atoms with Crippen LogP contribution in [0.25, 0.3) is 0 Å². The largest absolute Gasteiger partial charge is 0.436 e. The van der Waals surface area contributed by atoms with Gasteiger partial charge in [0.1, 0.15) is 12.4 Å². The molecule has 0 aliphatic heterocycles. The molecule has 1 fully saturated rings. The highest BCUT2D eigenvalue weighted by molar-refractivity contribution is 9.10. The molecule has 32 heavy (non-hydrogen) atoms. The summed E-state index contributed by atoms with van der Waals surface area (Å²) in [6.45, 7) is 1.70. The van der Waals surface area contributed by atoms with Crippen molar-refractivity contribution in [1.29, 1.82) is 0 Å². The monoisotopic (exact) mass is 550 g/mol. The van der Waals surface area contributed by atoms with Crippen molar-refractivity contribution in [3.05, 3.63) is 56.0 Å². The van der Waals surface area contributed by atoms with Crippen LogP contribution in [0.15, 0.2) is 29.0 Å². The maximum atomic E-state index is 13.3. The van der Waals surface area contributed by atoms with Gasteiger partial charge in [-0.3, -0.25) is 14.8 Å². The zero-order valence-corrected chi connectivity index (χ0v) is 19.6. The van der Waals surface area contributed by atoms with Crippen molar-refractivity contribution >= 4 is 51.0 Å². The summed E-state index contributed by atoms with van der Waals surface area (Å²) in [5.74, 6) is -0.662. The highest BCUT2D eigenvalue weighted by Gasteiger charge is 2.43. The molecule has 1 saturated carbocycles. The second-order valence-electron chi connectivity index (χ2n) is 7.40. The van der Waals surface area contributed by atoms with Gasteiger partial charge < -0.3 is 0 Å². The lowest BCUT2D eigenvalue weighted by Gasteiger charge is -2.14. The molecule has 1 aliphatic rings. The van der Waals surface area contributed by atoms with Gasteiger partial charge in [0.2, 0.25) is 5.95 Å². The minimum Gasteiger partial charge on any atom is -0.291 e. The predicted octanol–water partition coefficient (Wildman–Crippen LogP) is 5.69. The number of carbonyl (C=O) groups excluding carboxylic acids is 1. The van der Waals surface area contributed by atoms with Gasteiger partial charge in [-0.25, -0.2) is 9.67 Å². The molecular weight excluding hydrogens is 536 g/mol. The van der Waals surface area contributed by atoms with Gasteiger partial charge in [0.25, 0.3) is 5.91 Å². The van der Waals surface area contributed by atoms with E-state index in [-0.39, 0.29) is 22.9 Å². The molecule has 0 bridgehead atoms. The van der Waals surface area contributed by atoms with E-state index < -0.39 is 23.8 Å². The molecule has 1 atom stereocenters. The lowest BCUT2D eigenvalue weighted by Crippen LogP contribution is -2.26. The lowest BCUT2D eigenvalue weighted by molar-refractivity contribution is -0.142. The summed E-state index contributed by atoms with van der Waals surface area (Å²) in [5, 5.41) is 11.3. The number of aromatic nitrogens is 5. The maximum absolute atomic E-state index is 13.3. The van der Waals surface area contributed by atoms with Crippen molar-refractivity contribution in [3.8, 4) is 0 Å². The summed E-state index contributed by atoms with van der Waals surface area (Å²) in [7, 11) is 0. The fourth-order valence-corrected chi connectivity index (χ4v) is 4.55. The Labute approximate surface area is 199 Å². The van der Waals surface area contributed by atoms with Crippen LogP contribution in [-0.4, -0.2) is 30.5 Å². The van der Waals surface area contributed by atoms with Crippen LogP contribution in [0.2, 0.25) is 10.0 Å². The van der Waals surface area contributed by atoms with E-state index in [1.807, 2.05) is 0 Å². The first-order chi connectivity index (χ1) is 15.1. The van der Waals surface area contributed by atoms with E-state index in [1.165, 1.54) is 17.9 Å². The minimum absolute atomic E-state index is 0.000245. The van der Waals surface area contributed by atoms with Crippen LogP contribution in [0.3, 0.4) is 0 Å². The number of amides is 1. The molecular formula is C19H16BrCl2F3N6O. The van der Waals surface area contributed by atoms with E-state index in [4.69, 9.17) is 23.2 Å². The standard InChI is InChI=1S/C19H16BrCl2F3N6O/c1-9(31-15(10-5-6-10)14(20)16(28-31)19(23,24)25)17(32)27-18-26-8-30(29-18)7-11-12(21)3-2-4-13(11)22/h2-4,8-10H,5-7H2,1H3,(H,27,29,32). The van der Waals surface area contributed by atoms with Crippen molar-refractivity contribution < 1.29 is 18.0 Å². The van der Waals surface area contributed by atoms with Crippen LogP contribution >= 0.6 is 39.1 Å². The SMILES string of the molecule is CC(C(=O)Nc1ncn(Cc2c(Cl)cccc2Cl)n1)n1nc(C(F)(F)F)c(Br)c1C1CC1. The average Bonchev–Trinajstić information content (AvgIpc) is 3.34. The summed E-state index contributed by atoms with van der Waals surface area (Å²) in [6, 6.07) is 4.09. The molecule has 1 N–H and O–H groups in total. The molecule has 0 spiro atoms. The number of anilines is 1. The molecule has 1 aliphatic carbocycles. The molecule has 0 radical (unpaired) electrons. The first-order valence-electron chi connectivity index (χ1n) is 9.54. The Morgan fingerprint density at radius 2 is 1.94 bits per heavy atom. The zero-order chi connectivity index (χ0) is 23.2. The Morgan fingerprint density at radius 3 is 2.53 bits per heavy atom. The molecule has 3 aromatic rings. The molecule has 1 unspecified atom stereocenters. The van der Waals surface area contributed by atoms with E-state index in [1.54, 1.807) is 18.2 Å². The van der Waals surface area contributed by atoms with Crippen molar-refractivity contribution in [1.82, 2.24) is 24.5 Å². The Bertz CT molecular complexity index is 1150. The Hall–Kier alpha value is -2.11. The second kappa shape index (κ2) is 8.68. The number of nitrogens with one attached hydrogen (secondary N) is 1. The van der Waals surface area contributed by atoms with Crippen LogP contribution in [-0.2, 0) is 17.5 Å². The molecule has 13 heteroatoms. The molecule has 7 nitrogen and oxygen atoms in total. The van der Waals surface area contributed by atoms with Crippen molar-refractivity contribution in [3.63, 3.8) is 0 Å². The van der Waals surface area contributed by atoms with Gasteiger partial charge in [-0.15, -0.1) is 5.10 Å². The summed E-state index contributed by atoms with van der Waals surface area (Å²) in [5.41, 5.74) is -0.0352. The number of hydrogen-bond acceptors (Lipinski definition) is 4. The molecule has 170 valence electrons. The van der Waals surface area contributed by atoms with Gasteiger partial charge in [-0.05, 0) is 47.8 Å². The molecule has 1 aromatic carbocycles. The third kappa shape index (κ3) is 4.65. The Morgan fingerprint density at radius 1 is 1.28 bits per heavy atom. The molecule has 4 rings (SSSR count). The van der Waals surface area contributed by atoms with E-state index in [0.717, 1.165) is 17.5 Å². The number of carbonyl (C=O) groups is 1. The van der Waals surface area contributed by atoms with Gasteiger partial charge in [0.05, 0.1) is 16.7 Å². The van der Waals surface area contributed by atoms with E-state index in [9.17, 15) is 18.0 Å². The van der Waals surface area contributed by atoms with Crippen molar-refractivity contribution in [2.75, 3.05) is 5.32 Å².